The van der Waals surface area contributed by atoms with Crippen LogP contribution in [0.4, 0.5) is 5.69 Å². The molecule has 2 rings (SSSR count). The zero-order valence-electron chi connectivity index (χ0n) is 21.3. The van der Waals surface area contributed by atoms with Gasteiger partial charge < -0.3 is 10.1 Å². The number of esters is 1. The molecular weight excluding hydrogens is 452 g/mol. The van der Waals surface area contributed by atoms with Crippen LogP contribution < -0.4 is 10.0 Å². The predicted octanol–water partition coefficient (Wildman–Crippen LogP) is 4.73. The van der Waals surface area contributed by atoms with Gasteiger partial charge in [-0.2, -0.15) is 0 Å². The zero-order chi connectivity index (χ0) is 25.9. The van der Waals surface area contributed by atoms with Crippen LogP contribution >= 0.6 is 0 Å². The Labute approximate surface area is 203 Å². The quantitative estimate of drug-likeness (QED) is 0.549. The first-order valence-electron chi connectivity index (χ1n) is 11.2. The van der Waals surface area contributed by atoms with Crippen LogP contribution in [-0.2, 0) is 31.5 Å². The lowest BCUT2D eigenvalue weighted by Crippen LogP contribution is -2.28. The number of rotatable bonds is 7. The Bertz CT molecular complexity index is 1140. The van der Waals surface area contributed by atoms with Gasteiger partial charge in [-0.05, 0) is 61.9 Å². The van der Waals surface area contributed by atoms with Crippen LogP contribution in [-0.4, -0.2) is 32.2 Å². The van der Waals surface area contributed by atoms with Crippen LogP contribution in [0.2, 0.25) is 0 Å². The first-order chi connectivity index (χ1) is 15.5. The van der Waals surface area contributed by atoms with Gasteiger partial charge in [0.1, 0.15) is 5.60 Å². The fourth-order valence-corrected chi connectivity index (χ4v) is 3.82. The number of carbonyl (C=O) groups excluding carboxylic acids is 2. The van der Waals surface area contributed by atoms with E-state index < -0.39 is 27.5 Å². The van der Waals surface area contributed by atoms with Crippen molar-refractivity contribution >= 4 is 27.6 Å². The maximum absolute atomic E-state index is 12.8. The molecule has 0 aliphatic heterocycles. The Kier molecular flexibility index (Phi) is 8.19. The molecule has 186 valence electrons. The Morgan fingerprint density at radius 2 is 1.56 bits per heavy atom. The summed E-state index contributed by atoms with van der Waals surface area (Å²) in [6.07, 6.45) is 1.00. The summed E-state index contributed by atoms with van der Waals surface area (Å²) >= 11 is 0. The van der Waals surface area contributed by atoms with Crippen LogP contribution in [0, 0.1) is 0 Å². The summed E-state index contributed by atoms with van der Waals surface area (Å²) in [6, 6.07) is 12.7. The number of nitrogens with one attached hydrogen (secondary N) is 2. The summed E-state index contributed by atoms with van der Waals surface area (Å²) in [5.41, 5.74) is 2.22. The van der Waals surface area contributed by atoms with E-state index >= 15 is 0 Å². The molecule has 2 aromatic rings. The Morgan fingerprint density at radius 1 is 0.971 bits per heavy atom. The van der Waals surface area contributed by atoms with E-state index in [-0.39, 0.29) is 22.6 Å². The highest BCUT2D eigenvalue weighted by atomic mass is 32.2. The van der Waals surface area contributed by atoms with Crippen molar-refractivity contribution in [3.05, 3.63) is 64.7 Å². The molecule has 8 heteroatoms. The van der Waals surface area contributed by atoms with E-state index in [4.69, 9.17) is 4.74 Å². The second kappa shape index (κ2) is 10.2. The number of hydrogen-bond acceptors (Lipinski definition) is 5. The topological polar surface area (TPSA) is 102 Å². The lowest BCUT2D eigenvalue weighted by molar-refractivity contribution is -0.122. The number of amides is 1. The van der Waals surface area contributed by atoms with Gasteiger partial charge in [-0.1, -0.05) is 51.1 Å². The van der Waals surface area contributed by atoms with Crippen molar-refractivity contribution in [1.82, 2.24) is 5.32 Å². The smallest absolute Gasteiger partial charge is 0.340 e. The van der Waals surface area contributed by atoms with Gasteiger partial charge in [-0.25, -0.2) is 13.2 Å². The number of benzene rings is 2. The van der Waals surface area contributed by atoms with Crippen molar-refractivity contribution in [2.45, 2.75) is 71.9 Å². The number of anilines is 1. The third kappa shape index (κ3) is 8.17. The van der Waals surface area contributed by atoms with E-state index in [0.29, 0.717) is 12.1 Å². The Hall–Kier alpha value is -2.87. The van der Waals surface area contributed by atoms with E-state index in [1.165, 1.54) is 17.7 Å². The second-order valence-corrected chi connectivity index (χ2v) is 12.3. The summed E-state index contributed by atoms with van der Waals surface area (Å²) in [7, 11) is -3.62. The average molecular weight is 489 g/mol. The van der Waals surface area contributed by atoms with Gasteiger partial charge in [-0.3, -0.25) is 9.52 Å². The monoisotopic (exact) mass is 488 g/mol. The molecule has 1 atom stereocenters. The molecule has 2 aromatic carbocycles. The Balaban J connectivity index is 2.21. The second-order valence-electron chi connectivity index (χ2n) is 10.6. The van der Waals surface area contributed by atoms with Gasteiger partial charge >= 0.3 is 5.97 Å². The van der Waals surface area contributed by atoms with Crippen LogP contribution in [0.25, 0.3) is 0 Å². The SMILES string of the molecule is CC(C(=O)NCc1ccc(C(C)(C)C)cc1)c1ccc(NS(C)(=O)=O)c(C(=O)OC(C)(C)C)c1. The fraction of sp³-hybridized carbons (Fsp3) is 0.462. The molecule has 0 fully saturated rings. The fourth-order valence-electron chi connectivity index (χ4n) is 3.24. The minimum atomic E-state index is -3.62. The number of hydrogen-bond donors (Lipinski definition) is 2. The van der Waals surface area contributed by atoms with Crippen LogP contribution in [0.15, 0.2) is 42.5 Å². The van der Waals surface area contributed by atoms with Crippen molar-refractivity contribution in [3.8, 4) is 0 Å². The van der Waals surface area contributed by atoms with E-state index in [1.54, 1.807) is 33.8 Å². The van der Waals surface area contributed by atoms with E-state index in [9.17, 15) is 18.0 Å². The lowest BCUT2D eigenvalue weighted by atomic mass is 9.87. The molecule has 0 aromatic heterocycles. The maximum atomic E-state index is 12.8. The van der Waals surface area contributed by atoms with E-state index in [2.05, 4.69) is 42.9 Å². The van der Waals surface area contributed by atoms with Crippen LogP contribution in [0.1, 0.15) is 81.4 Å². The summed E-state index contributed by atoms with van der Waals surface area (Å²) in [5, 5.41) is 2.93. The van der Waals surface area contributed by atoms with Crippen molar-refractivity contribution in [1.29, 1.82) is 0 Å². The largest absolute Gasteiger partial charge is 0.456 e. The van der Waals surface area contributed by atoms with Gasteiger partial charge in [0.2, 0.25) is 15.9 Å². The molecule has 7 nitrogen and oxygen atoms in total. The molecule has 0 radical (unpaired) electrons. The molecule has 1 unspecified atom stereocenters. The minimum Gasteiger partial charge on any atom is -0.456 e. The number of carbonyl (C=O) groups is 2. The molecule has 0 aliphatic carbocycles. The minimum absolute atomic E-state index is 0.0512. The van der Waals surface area contributed by atoms with Crippen molar-refractivity contribution < 1.29 is 22.7 Å². The Morgan fingerprint density at radius 3 is 2.06 bits per heavy atom. The van der Waals surface area contributed by atoms with Gasteiger partial charge in [0.15, 0.2) is 0 Å². The molecule has 0 saturated heterocycles. The van der Waals surface area contributed by atoms with E-state index in [0.717, 1.165) is 11.8 Å². The van der Waals surface area contributed by atoms with Crippen molar-refractivity contribution in [3.63, 3.8) is 0 Å². The van der Waals surface area contributed by atoms with Gasteiger partial charge in [0, 0.05) is 6.54 Å². The number of ether oxygens (including phenoxy) is 1. The van der Waals surface area contributed by atoms with Gasteiger partial charge in [0.25, 0.3) is 0 Å². The highest BCUT2D eigenvalue weighted by Gasteiger charge is 2.24. The van der Waals surface area contributed by atoms with Gasteiger partial charge in [0.05, 0.1) is 23.4 Å². The average Bonchev–Trinajstić information content (AvgIpc) is 2.69. The predicted molar refractivity (Wildman–Crippen MR) is 135 cm³/mol. The standard InChI is InChI=1S/C26H36N2O5S/c1-17(23(29)27-16-18-9-12-20(13-10-18)25(2,3)4)19-11-14-22(28-34(8,31)32)21(15-19)24(30)33-26(5,6)7/h9-15,17,28H,16H2,1-8H3,(H,27,29). The normalized spacial score (nSPS) is 13.2. The highest BCUT2D eigenvalue weighted by molar-refractivity contribution is 7.92. The molecule has 0 saturated carbocycles. The highest BCUT2D eigenvalue weighted by Crippen LogP contribution is 2.26. The van der Waals surface area contributed by atoms with Crippen LogP contribution in [0.3, 0.4) is 0 Å². The molecule has 0 spiro atoms. The zero-order valence-corrected chi connectivity index (χ0v) is 22.1. The molecule has 0 aliphatic rings. The lowest BCUT2D eigenvalue weighted by Gasteiger charge is -2.22. The molecule has 0 bridgehead atoms. The first kappa shape index (κ1) is 27.4. The summed E-state index contributed by atoms with van der Waals surface area (Å²) in [5.74, 6) is -1.45. The molecule has 0 heterocycles. The third-order valence-corrected chi connectivity index (χ3v) is 5.73. The summed E-state index contributed by atoms with van der Waals surface area (Å²) < 4.78 is 31.3. The molecule has 2 N–H and O–H groups in total. The number of sulfonamides is 1. The molecular formula is C26H36N2O5S. The third-order valence-electron chi connectivity index (χ3n) is 5.14. The summed E-state index contributed by atoms with van der Waals surface area (Å²) in [4.78, 5) is 25.6. The van der Waals surface area contributed by atoms with Crippen molar-refractivity contribution in [2.24, 2.45) is 0 Å². The maximum Gasteiger partial charge on any atom is 0.340 e. The van der Waals surface area contributed by atoms with E-state index in [1.807, 2.05) is 12.1 Å². The summed E-state index contributed by atoms with van der Waals surface area (Å²) in [6.45, 7) is 13.7. The van der Waals surface area contributed by atoms with Gasteiger partial charge in [-0.15, -0.1) is 0 Å². The first-order valence-corrected chi connectivity index (χ1v) is 13.1. The van der Waals surface area contributed by atoms with Crippen LogP contribution in [0.5, 0.6) is 0 Å². The molecule has 1 amide bonds. The van der Waals surface area contributed by atoms with Crippen molar-refractivity contribution in [2.75, 3.05) is 11.0 Å². The molecule has 34 heavy (non-hydrogen) atoms.